The van der Waals surface area contributed by atoms with Gasteiger partial charge in [-0.25, -0.2) is 4.39 Å². The van der Waals surface area contributed by atoms with Crippen molar-refractivity contribution in [3.8, 4) is 11.1 Å². The number of rotatable bonds is 1. The van der Waals surface area contributed by atoms with Crippen LogP contribution < -0.4 is 0 Å². The zero-order valence-corrected chi connectivity index (χ0v) is 8.18. The molecule has 0 amide bonds. The molecular formula is C11H5F5O. The Labute approximate surface area is 92.5 Å². The van der Waals surface area contributed by atoms with E-state index in [-0.39, 0.29) is 5.56 Å². The number of alkyl halides is 3. The molecule has 0 spiro atoms. The van der Waals surface area contributed by atoms with E-state index >= 15 is 0 Å². The van der Waals surface area contributed by atoms with E-state index in [0.717, 1.165) is 24.3 Å². The molecule has 2 rings (SSSR count). The van der Waals surface area contributed by atoms with Gasteiger partial charge in [-0.2, -0.15) is 17.6 Å². The van der Waals surface area contributed by atoms with Crippen molar-refractivity contribution in [1.82, 2.24) is 0 Å². The van der Waals surface area contributed by atoms with Crippen LogP contribution >= 0.6 is 0 Å². The van der Waals surface area contributed by atoms with Crippen molar-refractivity contribution in [3.05, 3.63) is 47.9 Å². The first kappa shape index (κ1) is 11.6. The van der Waals surface area contributed by atoms with Crippen LogP contribution in [0.5, 0.6) is 0 Å². The summed E-state index contributed by atoms with van der Waals surface area (Å²) < 4.78 is 67.3. The topological polar surface area (TPSA) is 13.1 Å². The number of hydrogen-bond acceptors (Lipinski definition) is 1. The van der Waals surface area contributed by atoms with E-state index in [2.05, 4.69) is 4.42 Å². The lowest BCUT2D eigenvalue weighted by Crippen LogP contribution is -2.07. The predicted octanol–water partition coefficient (Wildman–Crippen LogP) is 4.24. The van der Waals surface area contributed by atoms with Gasteiger partial charge in [-0.05, 0) is 17.7 Å². The number of hydrogen-bond donors (Lipinski definition) is 0. The Balaban J connectivity index is 2.57. The summed E-state index contributed by atoms with van der Waals surface area (Å²) in [5.41, 5.74) is -1.90. The molecule has 0 aliphatic heterocycles. The second kappa shape index (κ2) is 3.87. The smallest absolute Gasteiger partial charge is 0.423 e. The lowest BCUT2D eigenvalue weighted by Gasteiger charge is -2.06. The molecule has 0 atom stereocenters. The summed E-state index contributed by atoms with van der Waals surface area (Å²) in [4.78, 5) is 0. The lowest BCUT2D eigenvalue weighted by atomic mass is 10.0. The third-order valence-electron chi connectivity index (χ3n) is 2.18. The lowest BCUT2D eigenvalue weighted by molar-refractivity contribution is -0.140. The number of benzene rings is 1. The van der Waals surface area contributed by atoms with Crippen molar-refractivity contribution < 1.29 is 26.4 Å². The second-order valence-corrected chi connectivity index (χ2v) is 3.30. The van der Waals surface area contributed by atoms with Crippen LogP contribution in [-0.2, 0) is 6.18 Å². The zero-order valence-electron chi connectivity index (χ0n) is 8.18. The monoisotopic (exact) mass is 248 g/mol. The SMILES string of the molecule is Fc1ccc(-c2coc(F)c2C(F)(F)F)cc1. The molecule has 0 fully saturated rings. The molecule has 0 bridgehead atoms. The molecule has 0 N–H and O–H groups in total. The molecule has 2 aromatic rings. The Morgan fingerprint density at radius 3 is 2.06 bits per heavy atom. The normalized spacial score (nSPS) is 11.8. The van der Waals surface area contributed by atoms with Gasteiger partial charge in [0, 0.05) is 5.56 Å². The van der Waals surface area contributed by atoms with Gasteiger partial charge in [-0.15, -0.1) is 0 Å². The van der Waals surface area contributed by atoms with E-state index in [4.69, 9.17) is 0 Å². The van der Waals surface area contributed by atoms with E-state index in [1.807, 2.05) is 0 Å². The van der Waals surface area contributed by atoms with E-state index in [9.17, 15) is 22.0 Å². The summed E-state index contributed by atoms with van der Waals surface area (Å²) in [5.74, 6) is -0.591. The fourth-order valence-corrected chi connectivity index (χ4v) is 1.44. The van der Waals surface area contributed by atoms with Gasteiger partial charge in [0.2, 0.25) is 0 Å². The van der Waals surface area contributed by atoms with Crippen LogP contribution in [0.3, 0.4) is 0 Å². The largest absolute Gasteiger partial charge is 0.438 e. The minimum atomic E-state index is -4.86. The first-order valence-corrected chi connectivity index (χ1v) is 4.49. The molecule has 0 aliphatic carbocycles. The highest BCUT2D eigenvalue weighted by molar-refractivity contribution is 5.66. The molecule has 0 saturated carbocycles. The Kier molecular flexibility index (Phi) is 2.65. The molecule has 1 nitrogen and oxygen atoms in total. The summed E-state index contributed by atoms with van der Waals surface area (Å²) >= 11 is 0. The van der Waals surface area contributed by atoms with Crippen LogP contribution in [-0.4, -0.2) is 0 Å². The molecule has 90 valence electrons. The van der Waals surface area contributed by atoms with Gasteiger partial charge in [0.25, 0.3) is 6.01 Å². The Morgan fingerprint density at radius 1 is 0.941 bits per heavy atom. The van der Waals surface area contributed by atoms with Crippen LogP contribution in [0.2, 0.25) is 0 Å². The molecule has 1 aromatic carbocycles. The van der Waals surface area contributed by atoms with Crippen molar-refractivity contribution in [2.75, 3.05) is 0 Å². The fourth-order valence-electron chi connectivity index (χ4n) is 1.44. The van der Waals surface area contributed by atoms with Crippen molar-refractivity contribution in [3.63, 3.8) is 0 Å². The van der Waals surface area contributed by atoms with Crippen molar-refractivity contribution in [1.29, 1.82) is 0 Å². The average molecular weight is 248 g/mol. The van der Waals surface area contributed by atoms with Crippen LogP contribution in [0.1, 0.15) is 5.56 Å². The summed E-state index contributed by atoms with van der Waals surface area (Å²) in [6.45, 7) is 0. The fraction of sp³-hybridized carbons (Fsp3) is 0.0909. The maximum atomic E-state index is 12.9. The van der Waals surface area contributed by atoms with Crippen molar-refractivity contribution in [2.45, 2.75) is 6.18 Å². The van der Waals surface area contributed by atoms with Gasteiger partial charge in [0.1, 0.15) is 17.6 Å². The van der Waals surface area contributed by atoms with Crippen molar-refractivity contribution in [2.24, 2.45) is 0 Å². The molecule has 1 aromatic heterocycles. The molecule has 1 heterocycles. The first-order chi connectivity index (χ1) is 7.89. The minimum absolute atomic E-state index is 0.0337. The van der Waals surface area contributed by atoms with Gasteiger partial charge in [-0.1, -0.05) is 12.1 Å². The van der Waals surface area contributed by atoms with Gasteiger partial charge >= 0.3 is 6.18 Å². The van der Waals surface area contributed by atoms with Gasteiger partial charge in [0.05, 0.1) is 0 Å². The van der Waals surface area contributed by atoms with Crippen LogP contribution in [0.4, 0.5) is 22.0 Å². The molecule has 0 saturated heterocycles. The maximum Gasteiger partial charge on any atom is 0.423 e. The highest BCUT2D eigenvalue weighted by Gasteiger charge is 2.39. The average Bonchev–Trinajstić information content (AvgIpc) is 2.61. The van der Waals surface area contributed by atoms with Crippen LogP contribution in [0.15, 0.2) is 34.9 Å². The van der Waals surface area contributed by atoms with Crippen LogP contribution in [0.25, 0.3) is 11.1 Å². The predicted molar refractivity (Wildman–Crippen MR) is 49.1 cm³/mol. The van der Waals surface area contributed by atoms with E-state index in [1.54, 1.807) is 0 Å². The standard InChI is InChI=1S/C11H5F5O/c12-7-3-1-6(2-4-7)8-5-17-10(13)9(8)11(14,15)16/h1-5H. The third kappa shape index (κ3) is 2.15. The van der Waals surface area contributed by atoms with E-state index in [0.29, 0.717) is 6.26 Å². The van der Waals surface area contributed by atoms with Gasteiger partial charge in [0.15, 0.2) is 0 Å². The minimum Gasteiger partial charge on any atom is -0.438 e. The number of furan rings is 1. The molecular weight excluding hydrogens is 243 g/mol. The van der Waals surface area contributed by atoms with Crippen LogP contribution in [0, 0.1) is 11.8 Å². The van der Waals surface area contributed by atoms with E-state index < -0.39 is 29.1 Å². The quantitative estimate of drug-likeness (QED) is 0.688. The Bertz CT molecular complexity index is 524. The van der Waals surface area contributed by atoms with E-state index in [1.165, 1.54) is 0 Å². The number of halogens is 5. The molecule has 0 unspecified atom stereocenters. The van der Waals surface area contributed by atoms with Crippen molar-refractivity contribution >= 4 is 0 Å². The molecule has 0 radical (unpaired) electrons. The molecule has 17 heavy (non-hydrogen) atoms. The second-order valence-electron chi connectivity index (χ2n) is 3.30. The summed E-state index contributed by atoms with van der Waals surface area (Å²) in [6.07, 6.45) is -4.20. The Morgan fingerprint density at radius 2 is 1.53 bits per heavy atom. The highest BCUT2D eigenvalue weighted by Crippen LogP contribution is 2.39. The summed E-state index contributed by atoms with van der Waals surface area (Å²) in [5, 5.41) is 0. The van der Waals surface area contributed by atoms with Gasteiger partial charge < -0.3 is 4.42 Å². The summed E-state index contributed by atoms with van der Waals surface area (Å²) in [6, 6.07) is 2.52. The maximum absolute atomic E-state index is 12.9. The molecule has 0 aliphatic rings. The van der Waals surface area contributed by atoms with Gasteiger partial charge in [-0.3, -0.25) is 0 Å². The highest BCUT2D eigenvalue weighted by atomic mass is 19.4. The summed E-state index contributed by atoms with van der Waals surface area (Å²) in [7, 11) is 0. The first-order valence-electron chi connectivity index (χ1n) is 4.49. The zero-order chi connectivity index (χ0) is 12.6. The Hall–Kier alpha value is -1.85. The molecule has 6 heteroatoms. The third-order valence-corrected chi connectivity index (χ3v) is 2.18.